The third-order valence-electron chi connectivity index (χ3n) is 5.07. The third-order valence-corrected chi connectivity index (χ3v) is 5.07. The van der Waals surface area contributed by atoms with Crippen LogP contribution in [0.5, 0.6) is 5.75 Å². The molecule has 0 spiro atoms. The number of phenolic OH excluding ortho intramolecular Hbond substituents is 1. The zero-order valence-electron chi connectivity index (χ0n) is 15.8. The van der Waals surface area contributed by atoms with Gasteiger partial charge in [-0.1, -0.05) is 66.7 Å². The summed E-state index contributed by atoms with van der Waals surface area (Å²) in [6.07, 6.45) is 3.12. The van der Waals surface area contributed by atoms with Crippen LogP contribution < -0.4 is 11.1 Å². The lowest BCUT2D eigenvalue weighted by atomic mass is 9.98. The van der Waals surface area contributed by atoms with E-state index in [0.717, 1.165) is 5.56 Å². The van der Waals surface area contributed by atoms with Crippen molar-refractivity contribution in [1.82, 2.24) is 5.32 Å². The zero-order valence-corrected chi connectivity index (χ0v) is 15.8. The van der Waals surface area contributed by atoms with E-state index in [1.165, 1.54) is 22.3 Å². The first-order chi connectivity index (χ1) is 14.1. The maximum Gasteiger partial charge on any atom is 0.407 e. The Labute approximate surface area is 169 Å². The second-order valence-corrected chi connectivity index (χ2v) is 6.93. The lowest BCUT2D eigenvalue weighted by Gasteiger charge is -2.14. The van der Waals surface area contributed by atoms with Crippen LogP contribution in [0, 0.1) is 0 Å². The van der Waals surface area contributed by atoms with Gasteiger partial charge in [0.25, 0.3) is 0 Å². The number of hydrogen-bond donors (Lipinski definition) is 3. The van der Waals surface area contributed by atoms with Crippen molar-refractivity contribution in [3.05, 3.63) is 89.5 Å². The minimum absolute atomic E-state index is 0.0386. The molecule has 1 amide bonds. The molecule has 4 N–H and O–H groups in total. The highest BCUT2D eigenvalue weighted by Gasteiger charge is 2.28. The number of benzene rings is 3. The summed E-state index contributed by atoms with van der Waals surface area (Å²) in [5.41, 5.74) is 11.5. The molecule has 1 aliphatic carbocycles. The quantitative estimate of drug-likeness (QED) is 0.444. The van der Waals surface area contributed by atoms with Crippen LogP contribution in [0.25, 0.3) is 17.2 Å². The summed E-state index contributed by atoms with van der Waals surface area (Å²) in [5, 5.41) is 12.3. The van der Waals surface area contributed by atoms with Gasteiger partial charge in [0.2, 0.25) is 0 Å². The van der Waals surface area contributed by atoms with Gasteiger partial charge in [-0.3, -0.25) is 0 Å². The second kappa shape index (κ2) is 8.10. The third kappa shape index (κ3) is 3.94. The second-order valence-electron chi connectivity index (χ2n) is 6.93. The number of carbonyl (C=O) groups excluding carboxylic acids is 1. The molecule has 0 aliphatic heterocycles. The summed E-state index contributed by atoms with van der Waals surface area (Å²) in [7, 11) is 0. The van der Waals surface area contributed by atoms with E-state index in [-0.39, 0.29) is 18.3 Å². The summed E-state index contributed by atoms with van der Waals surface area (Å²) in [4.78, 5) is 12.1. The van der Waals surface area contributed by atoms with Crippen LogP contribution in [-0.2, 0) is 4.74 Å². The highest BCUT2D eigenvalue weighted by atomic mass is 16.5. The van der Waals surface area contributed by atoms with Gasteiger partial charge in [0.1, 0.15) is 12.4 Å². The topological polar surface area (TPSA) is 84.6 Å². The smallest absolute Gasteiger partial charge is 0.407 e. The fourth-order valence-corrected chi connectivity index (χ4v) is 3.65. The molecule has 0 heterocycles. The van der Waals surface area contributed by atoms with Crippen molar-refractivity contribution in [1.29, 1.82) is 0 Å². The Bertz CT molecular complexity index is 1030. The number of aromatic hydroxyl groups is 1. The number of anilines is 1. The molecule has 1 aliphatic rings. The number of nitrogens with two attached hydrogens (primary N) is 1. The fraction of sp³-hybridized carbons (Fsp3) is 0.125. The van der Waals surface area contributed by atoms with Crippen molar-refractivity contribution < 1.29 is 14.6 Å². The SMILES string of the molecule is Nc1ccc(C=CCNC(=O)OCC2c3ccccc3-c3ccccc32)cc1O. The highest BCUT2D eigenvalue weighted by molar-refractivity contribution is 5.79. The van der Waals surface area contributed by atoms with Gasteiger partial charge in [-0.2, -0.15) is 0 Å². The Morgan fingerprint density at radius 2 is 1.69 bits per heavy atom. The van der Waals surface area contributed by atoms with Crippen molar-refractivity contribution in [2.24, 2.45) is 0 Å². The zero-order chi connectivity index (χ0) is 20.2. The van der Waals surface area contributed by atoms with Crippen molar-refractivity contribution in [2.45, 2.75) is 5.92 Å². The molecule has 5 nitrogen and oxygen atoms in total. The summed E-state index contributed by atoms with van der Waals surface area (Å²) < 4.78 is 5.49. The lowest BCUT2D eigenvalue weighted by molar-refractivity contribution is 0.144. The van der Waals surface area contributed by atoms with Crippen molar-refractivity contribution in [3.8, 4) is 16.9 Å². The Balaban J connectivity index is 1.33. The van der Waals surface area contributed by atoms with Crippen LogP contribution in [0.2, 0.25) is 0 Å². The summed E-state index contributed by atoms with van der Waals surface area (Å²) in [6.45, 7) is 0.608. The Morgan fingerprint density at radius 3 is 2.34 bits per heavy atom. The lowest BCUT2D eigenvalue weighted by Crippen LogP contribution is -2.26. The number of nitrogens with one attached hydrogen (secondary N) is 1. The molecule has 146 valence electrons. The minimum atomic E-state index is -0.461. The van der Waals surface area contributed by atoms with Gasteiger partial charge in [0.05, 0.1) is 5.69 Å². The normalized spacial score (nSPS) is 12.6. The van der Waals surface area contributed by atoms with Crippen LogP contribution in [0.3, 0.4) is 0 Å². The number of fused-ring (bicyclic) bond motifs is 3. The molecule has 5 heteroatoms. The van der Waals surface area contributed by atoms with Gasteiger partial charge >= 0.3 is 6.09 Å². The van der Waals surface area contributed by atoms with Gasteiger partial charge < -0.3 is 20.9 Å². The average molecular weight is 386 g/mol. The van der Waals surface area contributed by atoms with Gasteiger partial charge in [-0.25, -0.2) is 4.79 Å². The van der Waals surface area contributed by atoms with E-state index in [4.69, 9.17) is 10.5 Å². The van der Waals surface area contributed by atoms with E-state index in [2.05, 4.69) is 29.6 Å². The first-order valence-electron chi connectivity index (χ1n) is 9.47. The van der Waals surface area contributed by atoms with Gasteiger partial charge in [-0.15, -0.1) is 0 Å². The van der Waals surface area contributed by atoms with Gasteiger partial charge in [0, 0.05) is 12.5 Å². The van der Waals surface area contributed by atoms with E-state index in [0.29, 0.717) is 12.2 Å². The monoisotopic (exact) mass is 386 g/mol. The Morgan fingerprint density at radius 1 is 1.03 bits per heavy atom. The molecule has 0 unspecified atom stereocenters. The van der Waals surface area contributed by atoms with Crippen LogP contribution in [0.15, 0.2) is 72.8 Å². The number of carbonyl (C=O) groups is 1. The van der Waals surface area contributed by atoms with E-state index in [1.807, 2.05) is 24.3 Å². The van der Waals surface area contributed by atoms with Crippen LogP contribution >= 0.6 is 0 Å². The number of ether oxygens (including phenoxy) is 1. The van der Waals surface area contributed by atoms with Crippen LogP contribution in [0.1, 0.15) is 22.6 Å². The van der Waals surface area contributed by atoms with E-state index in [9.17, 15) is 9.90 Å². The largest absolute Gasteiger partial charge is 0.506 e. The van der Waals surface area contributed by atoms with Crippen molar-refractivity contribution in [2.75, 3.05) is 18.9 Å². The summed E-state index contributed by atoms with van der Waals surface area (Å²) in [6, 6.07) is 21.5. The van der Waals surface area contributed by atoms with Crippen molar-refractivity contribution in [3.63, 3.8) is 0 Å². The minimum Gasteiger partial charge on any atom is -0.506 e. The van der Waals surface area contributed by atoms with Gasteiger partial charge in [-0.05, 0) is 39.9 Å². The molecule has 3 aromatic carbocycles. The fourth-order valence-electron chi connectivity index (χ4n) is 3.65. The first-order valence-corrected chi connectivity index (χ1v) is 9.47. The molecule has 3 aromatic rings. The predicted molar refractivity (Wildman–Crippen MR) is 115 cm³/mol. The van der Waals surface area contributed by atoms with Crippen molar-refractivity contribution >= 4 is 17.9 Å². The molecule has 0 atom stereocenters. The van der Waals surface area contributed by atoms with Crippen LogP contribution in [0.4, 0.5) is 10.5 Å². The first kappa shape index (κ1) is 18.6. The number of alkyl carbamates (subject to hydrolysis) is 1. The molecule has 29 heavy (non-hydrogen) atoms. The maximum atomic E-state index is 12.1. The van der Waals surface area contributed by atoms with Gasteiger partial charge in [0.15, 0.2) is 0 Å². The van der Waals surface area contributed by atoms with Crippen LogP contribution in [-0.4, -0.2) is 24.4 Å². The number of amides is 1. The average Bonchev–Trinajstić information content (AvgIpc) is 3.06. The van der Waals surface area contributed by atoms with E-state index >= 15 is 0 Å². The molecule has 0 saturated carbocycles. The Kier molecular flexibility index (Phi) is 5.20. The molecule has 0 fully saturated rings. The van der Waals surface area contributed by atoms with E-state index < -0.39 is 6.09 Å². The van der Waals surface area contributed by atoms with E-state index in [1.54, 1.807) is 30.4 Å². The molecule has 4 rings (SSSR count). The standard InChI is InChI=1S/C24H22N2O3/c25-22-12-11-16(14-23(22)27)6-5-13-26-24(28)29-15-21-19-9-3-1-7-17(19)18-8-2-4-10-20(18)21/h1-12,14,21,27H,13,15,25H2,(H,26,28). The number of phenols is 1. The summed E-state index contributed by atoms with van der Waals surface area (Å²) in [5.74, 6) is 0.0816. The molecule has 0 radical (unpaired) electrons. The number of nitrogen functional groups attached to an aromatic ring is 1. The number of hydrogen-bond acceptors (Lipinski definition) is 4. The maximum absolute atomic E-state index is 12.1. The number of rotatable bonds is 5. The highest BCUT2D eigenvalue weighted by Crippen LogP contribution is 2.44. The summed E-state index contributed by atoms with van der Waals surface area (Å²) >= 11 is 0. The molecular weight excluding hydrogens is 364 g/mol. The molecule has 0 saturated heterocycles. The Hall–Kier alpha value is -3.73. The predicted octanol–water partition coefficient (Wildman–Crippen LogP) is 4.53. The molecular formula is C24H22N2O3. The molecule has 0 bridgehead atoms. The molecule has 0 aromatic heterocycles.